The van der Waals surface area contributed by atoms with Gasteiger partial charge >= 0.3 is 0 Å². The minimum absolute atomic E-state index is 0.264. The van der Waals surface area contributed by atoms with Gasteiger partial charge in [0.15, 0.2) is 0 Å². The molecule has 2 aromatic rings. The summed E-state index contributed by atoms with van der Waals surface area (Å²) < 4.78 is 18.2. The van der Waals surface area contributed by atoms with Crippen molar-refractivity contribution in [3.05, 3.63) is 64.5 Å². The summed E-state index contributed by atoms with van der Waals surface area (Å²) in [5, 5.41) is 10.3. The van der Waals surface area contributed by atoms with Gasteiger partial charge in [-0.2, -0.15) is 0 Å². The molecule has 106 valence electrons. The van der Waals surface area contributed by atoms with Crippen LogP contribution in [0.3, 0.4) is 0 Å². The fraction of sp³-hybridized carbons (Fsp3) is 0.294. The van der Waals surface area contributed by atoms with Gasteiger partial charge in [0, 0.05) is 6.42 Å². The smallest absolute Gasteiger partial charge is 0.124 e. The normalized spacial score (nSPS) is 12.2. The molecule has 1 atom stereocenters. The molecular formula is C17H19FO2. The third kappa shape index (κ3) is 3.17. The highest BCUT2D eigenvalue weighted by molar-refractivity contribution is 5.44. The van der Waals surface area contributed by atoms with E-state index in [-0.39, 0.29) is 5.82 Å². The van der Waals surface area contributed by atoms with Crippen molar-refractivity contribution in [2.45, 2.75) is 26.4 Å². The first kappa shape index (κ1) is 14.5. The number of hydrogen-bond acceptors (Lipinski definition) is 2. The summed E-state index contributed by atoms with van der Waals surface area (Å²) in [4.78, 5) is 0. The second-order valence-electron chi connectivity index (χ2n) is 5.03. The third-order valence-corrected chi connectivity index (χ3v) is 3.41. The molecule has 0 aromatic heterocycles. The van der Waals surface area contributed by atoms with E-state index in [1.165, 1.54) is 12.1 Å². The van der Waals surface area contributed by atoms with Gasteiger partial charge in [-0.1, -0.05) is 12.1 Å². The van der Waals surface area contributed by atoms with Crippen LogP contribution in [-0.2, 0) is 6.42 Å². The fourth-order valence-corrected chi connectivity index (χ4v) is 2.46. The van der Waals surface area contributed by atoms with Gasteiger partial charge in [-0.15, -0.1) is 0 Å². The van der Waals surface area contributed by atoms with E-state index in [4.69, 9.17) is 4.74 Å². The molecule has 0 heterocycles. The number of halogens is 1. The standard InChI is InChI=1S/C17H19FO2/c1-11-8-14(9-12(2)17(11)20-3)16(19)10-13-4-6-15(18)7-5-13/h4-9,16,19H,10H2,1-3H3. The zero-order chi connectivity index (χ0) is 14.7. The number of benzene rings is 2. The van der Waals surface area contributed by atoms with E-state index >= 15 is 0 Å². The van der Waals surface area contributed by atoms with E-state index in [9.17, 15) is 9.50 Å². The summed E-state index contributed by atoms with van der Waals surface area (Å²) >= 11 is 0. The molecule has 0 spiro atoms. The Balaban J connectivity index is 2.21. The van der Waals surface area contributed by atoms with Crippen LogP contribution in [0.2, 0.25) is 0 Å². The lowest BCUT2D eigenvalue weighted by molar-refractivity contribution is 0.178. The van der Waals surface area contributed by atoms with Crippen molar-refractivity contribution in [1.29, 1.82) is 0 Å². The van der Waals surface area contributed by atoms with Crippen molar-refractivity contribution in [2.75, 3.05) is 7.11 Å². The molecule has 2 rings (SSSR count). The predicted molar refractivity (Wildman–Crippen MR) is 77.5 cm³/mol. The van der Waals surface area contributed by atoms with Gasteiger partial charge in [-0.05, 0) is 60.4 Å². The first-order valence-corrected chi connectivity index (χ1v) is 6.59. The maximum Gasteiger partial charge on any atom is 0.124 e. The fourth-order valence-electron chi connectivity index (χ4n) is 2.46. The third-order valence-electron chi connectivity index (χ3n) is 3.41. The Kier molecular flexibility index (Phi) is 4.40. The largest absolute Gasteiger partial charge is 0.496 e. The van der Waals surface area contributed by atoms with Crippen molar-refractivity contribution in [2.24, 2.45) is 0 Å². The highest BCUT2D eigenvalue weighted by Gasteiger charge is 2.12. The average Bonchev–Trinajstić information content (AvgIpc) is 2.41. The van der Waals surface area contributed by atoms with E-state index in [2.05, 4.69) is 0 Å². The van der Waals surface area contributed by atoms with Crippen LogP contribution in [0.15, 0.2) is 36.4 Å². The molecule has 0 saturated heterocycles. The Hall–Kier alpha value is -1.87. The summed E-state index contributed by atoms with van der Waals surface area (Å²) in [5.41, 5.74) is 3.76. The summed E-state index contributed by atoms with van der Waals surface area (Å²) in [5.74, 6) is 0.585. The molecule has 2 nitrogen and oxygen atoms in total. The Bertz CT molecular complexity index is 567. The van der Waals surface area contributed by atoms with Crippen molar-refractivity contribution in [1.82, 2.24) is 0 Å². The summed E-state index contributed by atoms with van der Waals surface area (Å²) in [6, 6.07) is 10.1. The molecule has 0 aliphatic carbocycles. The van der Waals surface area contributed by atoms with Gasteiger partial charge in [0.2, 0.25) is 0 Å². The first-order valence-electron chi connectivity index (χ1n) is 6.59. The number of ether oxygens (including phenoxy) is 1. The summed E-state index contributed by atoms with van der Waals surface area (Å²) in [6.07, 6.45) is -0.144. The van der Waals surface area contributed by atoms with Crippen molar-refractivity contribution in [3.63, 3.8) is 0 Å². The quantitative estimate of drug-likeness (QED) is 0.920. The topological polar surface area (TPSA) is 29.5 Å². The Morgan fingerprint density at radius 1 is 1.10 bits per heavy atom. The highest BCUT2D eigenvalue weighted by Crippen LogP contribution is 2.28. The van der Waals surface area contributed by atoms with Crippen LogP contribution < -0.4 is 4.74 Å². The van der Waals surface area contributed by atoms with Crippen LogP contribution in [0, 0.1) is 19.7 Å². The molecular weight excluding hydrogens is 255 g/mol. The van der Waals surface area contributed by atoms with Gasteiger partial charge in [-0.25, -0.2) is 4.39 Å². The number of aliphatic hydroxyl groups excluding tert-OH is 1. The Morgan fingerprint density at radius 2 is 1.65 bits per heavy atom. The average molecular weight is 274 g/mol. The maximum absolute atomic E-state index is 12.9. The van der Waals surface area contributed by atoms with Gasteiger partial charge in [0.05, 0.1) is 13.2 Å². The number of aliphatic hydroxyl groups is 1. The van der Waals surface area contributed by atoms with E-state index < -0.39 is 6.10 Å². The molecule has 0 amide bonds. The molecule has 3 heteroatoms. The monoisotopic (exact) mass is 274 g/mol. The van der Waals surface area contributed by atoms with Crippen molar-refractivity contribution in [3.8, 4) is 5.75 Å². The second kappa shape index (κ2) is 6.06. The van der Waals surface area contributed by atoms with Crippen LogP contribution in [0.5, 0.6) is 5.75 Å². The molecule has 1 unspecified atom stereocenters. The van der Waals surface area contributed by atoms with Crippen molar-refractivity contribution >= 4 is 0 Å². The Morgan fingerprint density at radius 3 is 2.15 bits per heavy atom. The Labute approximate surface area is 118 Å². The molecule has 0 fully saturated rings. The molecule has 20 heavy (non-hydrogen) atoms. The molecule has 0 bridgehead atoms. The second-order valence-corrected chi connectivity index (χ2v) is 5.03. The van der Waals surface area contributed by atoms with E-state index in [0.717, 1.165) is 28.0 Å². The van der Waals surface area contributed by atoms with Crippen LogP contribution in [-0.4, -0.2) is 12.2 Å². The van der Waals surface area contributed by atoms with Gasteiger partial charge in [0.25, 0.3) is 0 Å². The van der Waals surface area contributed by atoms with E-state index in [0.29, 0.717) is 6.42 Å². The lowest BCUT2D eigenvalue weighted by atomic mass is 9.97. The van der Waals surface area contributed by atoms with E-state index in [1.54, 1.807) is 19.2 Å². The number of aryl methyl sites for hydroxylation is 2. The molecule has 1 N–H and O–H groups in total. The minimum Gasteiger partial charge on any atom is -0.496 e. The van der Waals surface area contributed by atoms with Crippen LogP contribution in [0.4, 0.5) is 4.39 Å². The SMILES string of the molecule is COc1c(C)cc(C(O)Cc2ccc(F)cc2)cc1C. The molecule has 0 radical (unpaired) electrons. The number of rotatable bonds is 4. The highest BCUT2D eigenvalue weighted by atomic mass is 19.1. The van der Waals surface area contributed by atoms with Crippen LogP contribution >= 0.6 is 0 Å². The van der Waals surface area contributed by atoms with Gasteiger partial charge in [-0.3, -0.25) is 0 Å². The maximum atomic E-state index is 12.9. The molecule has 0 saturated carbocycles. The van der Waals surface area contributed by atoms with Gasteiger partial charge < -0.3 is 9.84 Å². The minimum atomic E-state index is -0.608. The van der Waals surface area contributed by atoms with Gasteiger partial charge in [0.1, 0.15) is 11.6 Å². The predicted octanol–water partition coefficient (Wildman–Crippen LogP) is 3.73. The molecule has 2 aromatic carbocycles. The number of hydrogen-bond donors (Lipinski definition) is 1. The summed E-state index contributed by atoms with van der Waals surface area (Å²) in [7, 11) is 1.64. The van der Waals surface area contributed by atoms with Crippen LogP contribution in [0.25, 0.3) is 0 Å². The number of methoxy groups -OCH3 is 1. The summed E-state index contributed by atoms with van der Waals surface area (Å²) in [6.45, 7) is 3.92. The molecule has 0 aliphatic heterocycles. The van der Waals surface area contributed by atoms with Crippen molar-refractivity contribution < 1.29 is 14.2 Å². The zero-order valence-corrected chi connectivity index (χ0v) is 12.0. The van der Waals surface area contributed by atoms with Crippen LogP contribution in [0.1, 0.15) is 28.4 Å². The lowest BCUT2D eigenvalue weighted by Crippen LogP contribution is -2.04. The molecule has 0 aliphatic rings. The van der Waals surface area contributed by atoms with E-state index in [1.807, 2.05) is 26.0 Å². The zero-order valence-electron chi connectivity index (χ0n) is 12.0. The first-order chi connectivity index (χ1) is 9.51. The lowest BCUT2D eigenvalue weighted by Gasteiger charge is -2.15.